The maximum absolute atomic E-state index is 13.0. The second-order valence-electron chi connectivity index (χ2n) is 6.03. The fourth-order valence-electron chi connectivity index (χ4n) is 2.09. The average molecular weight is 376 g/mol. The van der Waals surface area contributed by atoms with Crippen LogP contribution >= 0.6 is 0 Å². The normalized spacial score (nSPS) is 13.1. The summed E-state index contributed by atoms with van der Waals surface area (Å²) in [5.74, 6) is 0.298. The minimum atomic E-state index is -4.69. The first-order chi connectivity index (χ1) is 12.6. The Labute approximate surface area is 153 Å². The van der Waals surface area contributed by atoms with Crippen molar-refractivity contribution in [2.24, 2.45) is 0 Å². The molecule has 2 aromatic carbocycles. The molecule has 1 atom stereocenters. The summed E-state index contributed by atoms with van der Waals surface area (Å²) in [6.45, 7) is 0.902. The quantitative estimate of drug-likeness (QED) is 0.832. The third-order valence-electron chi connectivity index (χ3n) is 3.50. The first-order valence-electron chi connectivity index (χ1n) is 7.74. The van der Waals surface area contributed by atoms with Gasteiger partial charge in [-0.3, -0.25) is 0 Å². The summed E-state index contributed by atoms with van der Waals surface area (Å²) in [4.78, 5) is 0. The van der Waals surface area contributed by atoms with E-state index in [-0.39, 0.29) is 19.0 Å². The summed E-state index contributed by atoms with van der Waals surface area (Å²) in [5, 5.41) is 27.8. The van der Waals surface area contributed by atoms with Crippen molar-refractivity contribution < 1.29 is 27.8 Å². The summed E-state index contributed by atoms with van der Waals surface area (Å²) in [5.41, 5.74) is -2.64. The minimum Gasteiger partial charge on any atom is -0.490 e. The Morgan fingerprint density at radius 2 is 1.48 bits per heavy atom. The molecule has 0 aliphatic carbocycles. The molecule has 2 rings (SSSR count). The Morgan fingerprint density at radius 1 is 0.926 bits per heavy atom. The lowest BCUT2D eigenvalue weighted by molar-refractivity contribution is -0.137. The largest absolute Gasteiger partial charge is 0.490 e. The Kier molecular flexibility index (Phi) is 5.94. The molecule has 0 aliphatic rings. The number of hydrogen-bond donors (Lipinski definition) is 1. The van der Waals surface area contributed by atoms with E-state index in [2.05, 4.69) is 0 Å². The molecule has 27 heavy (non-hydrogen) atoms. The van der Waals surface area contributed by atoms with E-state index >= 15 is 0 Å². The van der Waals surface area contributed by atoms with Crippen LogP contribution in [0, 0.1) is 22.7 Å². The van der Waals surface area contributed by atoms with Crippen LogP contribution in [0.2, 0.25) is 0 Å². The molecule has 1 unspecified atom stereocenters. The van der Waals surface area contributed by atoms with Gasteiger partial charge in [0.15, 0.2) is 0 Å². The van der Waals surface area contributed by atoms with Crippen LogP contribution in [-0.4, -0.2) is 23.9 Å². The zero-order valence-electron chi connectivity index (χ0n) is 14.2. The molecule has 0 spiro atoms. The van der Waals surface area contributed by atoms with Crippen molar-refractivity contribution in [1.29, 1.82) is 10.5 Å². The number of benzene rings is 2. The molecule has 8 heteroatoms. The van der Waals surface area contributed by atoms with Gasteiger partial charge in [0.1, 0.15) is 30.3 Å². The third kappa shape index (κ3) is 5.63. The zero-order valence-corrected chi connectivity index (χ0v) is 14.2. The van der Waals surface area contributed by atoms with Crippen molar-refractivity contribution in [2.45, 2.75) is 18.7 Å². The molecule has 0 saturated heterocycles. The summed E-state index contributed by atoms with van der Waals surface area (Å²) in [7, 11) is 0. The molecule has 0 bridgehead atoms. The Balaban J connectivity index is 2.00. The topological polar surface area (TPSA) is 86.3 Å². The highest BCUT2D eigenvalue weighted by Crippen LogP contribution is 2.34. The van der Waals surface area contributed by atoms with Crippen LogP contribution in [0.1, 0.15) is 23.6 Å². The average Bonchev–Trinajstić information content (AvgIpc) is 2.64. The maximum atomic E-state index is 13.0. The highest BCUT2D eigenvalue weighted by Gasteiger charge is 2.34. The van der Waals surface area contributed by atoms with Crippen molar-refractivity contribution in [3.8, 4) is 23.6 Å². The number of alkyl halides is 3. The van der Waals surface area contributed by atoms with Crippen LogP contribution in [0.4, 0.5) is 13.2 Å². The van der Waals surface area contributed by atoms with Crippen LogP contribution in [0.25, 0.3) is 0 Å². The molecule has 0 radical (unpaired) electrons. The molecular weight excluding hydrogens is 361 g/mol. The molecule has 1 N–H and O–H groups in total. The van der Waals surface area contributed by atoms with Gasteiger partial charge in [-0.05, 0) is 49.4 Å². The Hall–Kier alpha value is -3.23. The van der Waals surface area contributed by atoms with Gasteiger partial charge >= 0.3 is 6.18 Å². The van der Waals surface area contributed by atoms with Crippen LogP contribution in [0.15, 0.2) is 42.5 Å². The van der Waals surface area contributed by atoms with Crippen molar-refractivity contribution in [1.82, 2.24) is 0 Å². The van der Waals surface area contributed by atoms with E-state index in [1.54, 1.807) is 24.3 Å². The molecule has 0 heterocycles. The maximum Gasteiger partial charge on any atom is 0.417 e. The van der Waals surface area contributed by atoms with Crippen molar-refractivity contribution in [2.75, 3.05) is 13.2 Å². The van der Waals surface area contributed by atoms with Gasteiger partial charge in [0, 0.05) is 0 Å². The van der Waals surface area contributed by atoms with E-state index in [1.165, 1.54) is 19.1 Å². The SMILES string of the molecule is CC(O)(COc1ccc(C#N)cc1)COc1ccc(C#N)c(C(F)(F)F)c1. The van der Waals surface area contributed by atoms with Gasteiger partial charge in [-0.1, -0.05) is 0 Å². The standard InChI is InChI=1S/C19H15F3N2O3/c1-18(25,11-26-15-5-2-13(9-23)3-6-15)12-27-16-7-4-14(10-24)17(8-16)19(20,21)22/h2-8,25H,11-12H2,1H3. The first-order valence-corrected chi connectivity index (χ1v) is 7.74. The van der Waals surface area contributed by atoms with Crippen LogP contribution in [-0.2, 0) is 6.18 Å². The lowest BCUT2D eigenvalue weighted by atomic mass is 10.1. The van der Waals surface area contributed by atoms with Gasteiger partial charge in [-0.2, -0.15) is 23.7 Å². The second kappa shape index (κ2) is 7.98. The number of hydrogen-bond acceptors (Lipinski definition) is 5. The highest BCUT2D eigenvalue weighted by molar-refractivity contribution is 5.44. The molecule has 0 saturated carbocycles. The van der Waals surface area contributed by atoms with E-state index in [1.807, 2.05) is 6.07 Å². The van der Waals surface area contributed by atoms with Gasteiger partial charge in [-0.25, -0.2) is 0 Å². The summed E-state index contributed by atoms with van der Waals surface area (Å²) in [6, 6.07) is 12.6. The zero-order chi connectivity index (χ0) is 20.1. The van der Waals surface area contributed by atoms with E-state index in [0.29, 0.717) is 11.3 Å². The molecule has 2 aromatic rings. The Morgan fingerprint density at radius 3 is 2.00 bits per heavy atom. The Bertz CT molecular complexity index is 879. The van der Waals surface area contributed by atoms with E-state index in [0.717, 1.165) is 12.1 Å². The van der Waals surface area contributed by atoms with Gasteiger partial charge in [-0.15, -0.1) is 0 Å². The van der Waals surface area contributed by atoms with Crippen molar-refractivity contribution >= 4 is 0 Å². The number of ether oxygens (including phenoxy) is 2. The number of nitriles is 2. The number of aliphatic hydroxyl groups is 1. The highest BCUT2D eigenvalue weighted by atomic mass is 19.4. The first kappa shape index (κ1) is 20.1. The lowest BCUT2D eigenvalue weighted by Gasteiger charge is -2.24. The monoisotopic (exact) mass is 376 g/mol. The van der Waals surface area contributed by atoms with Crippen molar-refractivity contribution in [3.63, 3.8) is 0 Å². The van der Waals surface area contributed by atoms with Crippen LogP contribution in [0.5, 0.6) is 11.5 Å². The van der Waals surface area contributed by atoms with Crippen LogP contribution < -0.4 is 9.47 Å². The van der Waals surface area contributed by atoms with E-state index in [4.69, 9.17) is 20.0 Å². The van der Waals surface area contributed by atoms with Gasteiger partial charge < -0.3 is 14.6 Å². The van der Waals surface area contributed by atoms with Crippen molar-refractivity contribution in [3.05, 3.63) is 59.2 Å². The summed E-state index contributed by atoms with van der Waals surface area (Å²) >= 11 is 0. The molecule has 0 aromatic heterocycles. The van der Waals surface area contributed by atoms with Gasteiger partial charge in [0.25, 0.3) is 0 Å². The fraction of sp³-hybridized carbons (Fsp3) is 0.263. The lowest BCUT2D eigenvalue weighted by Crippen LogP contribution is -2.38. The van der Waals surface area contributed by atoms with Gasteiger partial charge in [0.2, 0.25) is 0 Å². The van der Waals surface area contributed by atoms with Gasteiger partial charge in [0.05, 0.1) is 28.8 Å². The molecular formula is C19H15F3N2O3. The number of halogens is 3. The molecule has 140 valence electrons. The fourth-order valence-corrected chi connectivity index (χ4v) is 2.09. The second-order valence-corrected chi connectivity index (χ2v) is 6.03. The molecule has 5 nitrogen and oxygen atoms in total. The summed E-state index contributed by atoms with van der Waals surface area (Å²) < 4.78 is 49.5. The molecule has 0 aliphatic heterocycles. The predicted molar refractivity (Wildman–Crippen MR) is 88.9 cm³/mol. The number of nitrogens with zero attached hydrogens (tertiary/aromatic N) is 2. The number of rotatable bonds is 6. The van der Waals surface area contributed by atoms with Crippen LogP contribution in [0.3, 0.4) is 0 Å². The summed E-state index contributed by atoms with van der Waals surface area (Å²) in [6.07, 6.45) is -4.69. The predicted octanol–water partition coefficient (Wildman–Crippen LogP) is 3.66. The molecule has 0 fully saturated rings. The third-order valence-corrected chi connectivity index (χ3v) is 3.50. The van der Waals surface area contributed by atoms with E-state index < -0.39 is 22.9 Å². The smallest absolute Gasteiger partial charge is 0.417 e. The molecule has 0 amide bonds. The minimum absolute atomic E-state index is 0.125. The van der Waals surface area contributed by atoms with E-state index in [9.17, 15) is 18.3 Å².